The average molecular weight is 371 g/mol. The van der Waals surface area contributed by atoms with Crippen LogP contribution in [0.3, 0.4) is 0 Å². The molecule has 0 spiro atoms. The lowest BCUT2D eigenvalue weighted by Crippen LogP contribution is -2.21. The summed E-state index contributed by atoms with van der Waals surface area (Å²) in [6.45, 7) is 1.17. The molecule has 27 heavy (non-hydrogen) atoms. The average Bonchev–Trinajstić information content (AvgIpc) is 2.66. The summed E-state index contributed by atoms with van der Waals surface area (Å²) in [6, 6.07) is 13.2. The molecule has 0 aliphatic carbocycles. The first-order valence-corrected chi connectivity index (χ1v) is 8.28. The Balaban J connectivity index is 1.88. The Morgan fingerprint density at radius 2 is 1.59 bits per heavy atom. The van der Waals surface area contributed by atoms with Crippen molar-refractivity contribution < 1.29 is 24.2 Å². The molecule has 2 amide bonds. The van der Waals surface area contributed by atoms with E-state index < -0.39 is 18.5 Å². The monoisotopic (exact) mass is 371 g/mol. The second kappa shape index (κ2) is 9.93. The molecule has 0 bridgehead atoms. The van der Waals surface area contributed by atoms with E-state index in [1.807, 2.05) is 0 Å². The molecule has 4 N–H and O–H groups in total. The number of para-hydroxylation sites is 1. The van der Waals surface area contributed by atoms with Crippen LogP contribution in [0.5, 0.6) is 0 Å². The highest BCUT2D eigenvalue weighted by Crippen LogP contribution is 2.16. The number of benzene rings is 2. The zero-order valence-electron chi connectivity index (χ0n) is 14.8. The predicted octanol–water partition coefficient (Wildman–Crippen LogP) is 1.84. The van der Waals surface area contributed by atoms with Crippen molar-refractivity contribution in [3.63, 3.8) is 0 Å². The number of hydrogen-bond acceptors (Lipinski definition) is 6. The van der Waals surface area contributed by atoms with Gasteiger partial charge in [0.2, 0.25) is 5.91 Å². The lowest BCUT2D eigenvalue weighted by Gasteiger charge is -2.11. The van der Waals surface area contributed by atoms with Crippen LogP contribution < -0.4 is 16.0 Å². The first kappa shape index (κ1) is 19.9. The van der Waals surface area contributed by atoms with E-state index in [1.54, 1.807) is 48.5 Å². The van der Waals surface area contributed by atoms with E-state index in [1.165, 1.54) is 6.92 Å². The van der Waals surface area contributed by atoms with E-state index in [0.717, 1.165) is 0 Å². The van der Waals surface area contributed by atoms with Crippen LogP contribution in [0.1, 0.15) is 17.3 Å². The van der Waals surface area contributed by atoms with E-state index in [-0.39, 0.29) is 18.1 Å². The van der Waals surface area contributed by atoms with Gasteiger partial charge in [-0.3, -0.25) is 9.59 Å². The molecule has 0 atom stereocenters. The van der Waals surface area contributed by atoms with Crippen molar-refractivity contribution in [3.05, 3.63) is 54.1 Å². The molecule has 0 aliphatic heterocycles. The molecular weight excluding hydrogens is 350 g/mol. The third-order valence-corrected chi connectivity index (χ3v) is 3.40. The van der Waals surface area contributed by atoms with Crippen LogP contribution in [0.2, 0.25) is 0 Å². The van der Waals surface area contributed by atoms with Gasteiger partial charge >= 0.3 is 5.97 Å². The first-order chi connectivity index (χ1) is 13.0. The van der Waals surface area contributed by atoms with E-state index in [0.29, 0.717) is 23.6 Å². The van der Waals surface area contributed by atoms with Gasteiger partial charge in [0.15, 0.2) is 6.61 Å². The van der Waals surface area contributed by atoms with Gasteiger partial charge < -0.3 is 25.8 Å². The number of rotatable bonds is 8. The number of ether oxygens (including phenoxy) is 1. The summed E-state index contributed by atoms with van der Waals surface area (Å²) < 4.78 is 5.05. The number of carbonyl (C=O) groups excluding carboxylic acids is 3. The van der Waals surface area contributed by atoms with E-state index >= 15 is 0 Å². The fourth-order valence-corrected chi connectivity index (χ4v) is 2.25. The quantitative estimate of drug-likeness (QED) is 0.526. The molecule has 0 heterocycles. The van der Waals surface area contributed by atoms with Gasteiger partial charge in [-0.25, -0.2) is 4.79 Å². The highest BCUT2D eigenvalue weighted by molar-refractivity contribution is 5.98. The predicted molar refractivity (Wildman–Crippen MR) is 102 cm³/mol. The fourth-order valence-electron chi connectivity index (χ4n) is 2.25. The SMILES string of the molecule is CC(=O)Nc1ccc(NC(=O)COC(=O)c2ccccc2NCCO)cc1. The van der Waals surface area contributed by atoms with Crippen molar-refractivity contribution in [1.82, 2.24) is 0 Å². The summed E-state index contributed by atoms with van der Waals surface area (Å²) in [5, 5.41) is 17.0. The third-order valence-electron chi connectivity index (χ3n) is 3.40. The molecule has 8 nitrogen and oxygen atoms in total. The summed E-state index contributed by atoms with van der Waals surface area (Å²) in [7, 11) is 0. The number of amides is 2. The smallest absolute Gasteiger partial charge is 0.340 e. The zero-order valence-corrected chi connectivity index (χ0v) is 14.8. The minimum atomic E-state index is -0.646. The number of anilines is 3. The van der Waals surface area contributed by atoms with E-state index in [9.17, 15) is 14.4 Å². The van der Waals surface area contributed by atoms with Crippen molar-refractivity contribution in [3.8, 4) is 0 Å². The highest BCUT2D eigenvalue weighted by atomic mass is 16.5. The summed E-state index contributed by atoms with van der Waals surface area (Å²) >= 11 is 0. The Labute approximate surface area is 156 Å². The molecule has 2 aromatic rings. The number of esters is 1. The highest BCUT2D eigenvalue weighted by Gasteiger charge is 2.14. The number of nitrogens with one attached hydrogen (secondary N) is 3. The van der Waals surface area contributed by atoms with Gasteiger partial charge in [0, 0.05) is 30.5 Å². The summed E-state index contributed by atoms with van der Waals surface area (Å²) in [5.41, 5.74) is 1.91. The van der Waals surface area contributed by atoms with Gasteiger partial charge in [-0.05, 0) is 36.4 Å². The van der Waals surface area contributed by atoms with Crippen LogP contribution in [0.4, 0.5) is 17.1 Å². The molecular formula is C19H21N3O5. The second-order valence-corrected chi connectivity index (χ2v) is 5.58. The first-order valence-electron chi connectivity index (χ1n) is 8.28. The lowest BCUT2D eigenvalue weighted by atomic mass is 10.2. The van der Waals surface area contributed by atoms with Gasteiger partial charge in [-0.15, -0.1) is 0 Å². The lowest BCUT2D eigenvalue weighted by molar-refractivity contribution is -0.119. The van der Waals surface area contributed by atoms with Crippen molar-refractivity contribution in [2.45, 2.75) is 6.92 Å². The number of aliphatic hydroxyl groups excluding tert-OH is 1. The van der Waals surface area contributed by atoms with Gasteiger partial charge in [0.1, 0.15) is 0 Å². The maximum Gasteiger partial charge on any atom is 0.340 e. The summed E-state index contributed by atoms with van der Waals surface area (Å²) in [6.07, 6.45) is 0. The molecule has 0 unspecified atom stereocenters. The Hall–Kier alpha value is -3.39. The number of hydrogen-bond donors (Lipinski definition) is 4. The van der Waals surface area contributed by atoms with E-state index in [4.69, 9.17) is 9.84 Å². The van der Waals surface area contributed by atoms with Crippen molar-refractivity contribution in [1.29, 1.82) is 0 Å². The minimum Gasteiger partial charge on any atom is -0.452 e. The molecule has 142 valence electrons. The van der Waals surface area contributed by atoms with Crippen molar-refractivity contribution >= 4 is 34.8 Å². The largest absolute Gasteiger partial charge is 0.452 e. The van der Waals surface area contributed by atoms with Gasteiger partial charge in [-0.1, -0.05) is 12.1 Å². The number of aliphatic hydroxyl groups is 1. The van der Waals surface area contributed by atoms with Crippen molar-refractivity contribution in [2.24, 2.45) is 0 Å². The minimum absolute atomic E-state index is 0.0769. The molecule has 0 saturated carbocycles. The van der Waals surface area contributed by atoms with Gasteiger partial charge in [-0.2, -0.15) is 0 Å². The van der Waals surface area contributed by atoms with Gasteiger partial charge in [0.25, 0.3) is 5.91 Å². The Bertz CT molecular complexity index is 805. The van der Waals surface area contributed by atoms with Crippen LogP contribution in [0.25, 0.3) is 0 Å². The van der Waals surface area contributed by atoms with Crippen LogP contribution in [-0.4, -0.2) is 42.6 Å². The molecule has 2 rings (SSSR count). The summed E-state index contributed by atoms with van der Waals surface area (Å²) in [5.74, 6) is -1.32. The number of carbonyl (C=O) groups is 3. The molecule has 8 heteroatoms. The molecule has 0 radical (unpaired) electrons. The fraction of sp³-hybridized carbons (Fsp3) is 0.211. The molecule has 0 aromatic heterocycles. The molecule has 0 aliphatic rings. The standard InChI is InChI=1S/C19H21N3O5/c1-13(24)21-14-6-8-15(9-7-14)22-18(25)12-27-19(26)16-4-2-3-5-17(16)20-10-11-23/h2-9,20,23H,10-12H2,1H3,(H,21,24)(H,22,25). The van der Waals surface area contributed by atoms with E-state index in [2.05, 4.69) is 16.0 Å². The molecule has 2 aromatic carbocycles. The van der Waals surface area contributed by atoms with Crippen LogP contribution in [0, 0.1) is 0 Å². The summed E-state index contributed by atoms with van der Waals surface area (Å²) in [4.78, 5) is 35.1. The third kappa shape index (κ3) is 6.44. The Morgan fingerprint density at radius 3 is 2.22 bits per heavy atom. The van der Waals surface area contributed by atoms with Crippen LogP contribution in [-0.2, 0) is 14.3 Å². The Morgan fingerprint density at radius 1 is 0.963 bits per heavy atom. The van der Waals surface area contributed by atoms with Gasteiger partial charge in [0.05, 0.1) is 12.2 Å². The maximum atomic E-state index is 12.2. The van der Waals surface area contributed by atoms with Crippen LogP contribution >= 0.6 is 0 Å². The topological polar surface area (TPSA) is 117 Å². The Kier molecular flexibility index (Phi) is 7.33. The molecule has 0 saturated heterocycles. The maximum absolute atomic E-state index is 12.2. The second-order valence-electron chi connectivity index (χ2n) is 5.58. The zero-order chi connectivity index (χ0) is 19.6. The normalized spacial score (nSPS) is 10.0. The van der Waals surface area contributed by atoms with Crippen LogP contribution in [0.15, 0.2) is 48.5 Å². The van der Waals surface area contributed by atoms with Crippen molar-refractivity contribution in [2.75, 3.05) is 35.7 Å². The molecule has 0 fully saturated rings.